The fourth-order valence-electron chi connectivity index (χ4n) is 3.23. The van der Waals surface area contributed by atoms with Crippen molar-refractivity contribution >= 4 is 35.4 Å². The van der Waals surface area contributed by atoms with Gasteiger partial charge in [-0.1, -0.05) is 42.0 Å². The molecule has 0 aliphatic rings. The van der Waals surface area contributed by atoms with Crippen LogP contribution in [0.1, 0.15) is 16.7 Å². The van der Waals surface area contributed by atoms with Gasteiger partial charge in [-0.3, -0.25) is 0 Å². The molecule has 0 saturated carbocycles. The van der Waals surface area contributed by atoms with Crippen LogP contribution in [0.5, 0.6) is 11.5 Å². The van der Waals surface area contributed by atoms with E-state index in [-0.39, 0.29) is 11.7 Å². The lowest BCUT2D eigenvalue weighted by Gasteiger charge is -2.12. The first-order valence-electron chi connectivity index (χ1n) is 10.6. The van der Waals surface area contributed by atoms with Crippen molar-refractivity contribution in [3.63, 3.8) is 0 Å². The number of methoxy groups -OCH3 is 1. The Labute approximate surface area is 197 Å². The minimum absolute atomic E-state index is 0.00479. The highest BCUT2D eigenvalue weighted by molar-refractivity contribution is 5.85. The predicted molar refractivity (Wildman–Crippen MR) is 135 cm³/mol. The second-order valence-corrected chi connectivity index (χ2v) is 7.51. The van der Waals surface area contributed by atoms with Crippen LogP contribution in [0.2, 0.25) is 0 Å². The van der Waals surface area contributed by atoms with Crippen LogP contribution in [0.15, 0.2) is 71.8 Å². The van der Waals surface area contributed by atoms with E-state index in [9.17, 15) is 5.11 Å². The quantitative estimate of drug-likeness (QED) is 0.213. The standard InChI is InChI=1S/C25H25N7O2/c1-16-12-13-20(17(2)14-16)28-24-29-23(27-19-9-5-4-6-10-19)30-25(31-24)32-26-15-18-8-7-11-21(34-3)22(18)33/h4-15,33H,1-3H3,(H3,27,28,29,30,31,32)/b26-15+. The molecule has 4 rings (SSSR count). The summed E-state index contributed by atoms with van der Waals surface area (Å²) in [5.74, 6) is 1.27. The van der Waals surface area contributed by atoms with Gasteiger partial charge in [0.05, 0.1) is 13.3 Å². The average molecular weight is 456 g/mol. The molecule has 0 bridgehead atoms. The van der Waals surface area contributed by atoms with Crippen molar-refractivity contribution in [1.82, 2.24) is 15.0 Å². The Morgan fingerprint density at radius 3 is 2.32 bits per heavy atom. The number of benzene rings is 3. The summed E-state index contributed by atoms with van der Waals surface area (Å²) in [5.41, 5.74) is 7.25. The van der Waals surface area contributed by atoms with Crippen LogP contribution < -0.4 is 20.8 Å². The lowest BCUT2D eigenvalue weighted by atomic mass is 10.1. The molecule has 34 heavy (non-hydrogen) atoms. The maximum Gasteiger partial charge on any atom is 0.250 e. The summed E-state index contributed by atoms with van der Waals surface area (Å²) in [5, 5.41) is 20.8. The van der Waals surface area contributed by atoms with E-state index in [1.165, 1.54) is 18.9 Å². The summed E-state index contributed by atoms with van der Waals surface area (Å²) in [6, 6.07) is 20.8. The molecule has 0 spiro atoms. The molecule has 3 aromatic carbocycles. The van der Waals surface area contributed by atoms with Crippen LogP contribution in [0.3, 0.4) is 0 Å². The van der Waals surface area contributed by atoms with Crippen molar-refractivity contribution in [3.05, 3.63) is 83.4 Å². The molecule has 0 aliphatic carbocycles. The van der Waals surface area contributed by atoms with E-state index >= 15 is 0 Å². The van der Waals surface area contributed by atoms with Crippen molar-refractivity contribution in [3.8, 4) is 11.5 Å². The largest absolute Gasteiger partial charge is 0.504 e. The zero-order chi connectivity index (χ0) is 23.9. The average Bonchev–Trinajstić information content (AvgIpc) is 2.83. The Morgan fingerprint density at radius 1 is 0.853 bits per heavy atom. The molecular weight excluding hydrogens is 430 g/mol. The third-order valence-corrected chi connectivity index (χ3v) is 4.91. The van der Waals surface area contributed by atoms with Gasteiger partial charge in [-0.15, -0.1) is 0 Å². The van der Waals surface area contributed by atoms with Crippen molar-refractivity contribution in [2.75, 3.05) is 23.2 Å². The van der Waals surface area contributed by atoms with E-state index in [0.29, 0.717) is 23.2 Å². The molecule has 4 aromatic rings. The molecule has 172 valence electrons. The number of hydrogen-bond acceptors (Lipinski definition) is 9. The summed E-state index contributed by atoms with van der Waals surface area (Å²) < 4.78 is 5.13. The van der Waals surface area contributed by atoms with Gasteiger partial charge in [0.15, 0.2) is 11.5 Å². The number of ether oxygens (including phenoxy) is 1. The van der Waals surface area contributed by atoms with E-state index < -0.39 is 0 Å². The number of phenols is 1. The summed E-state index contributed by atoms with van der Waals surface area (Å²) in [7, 11) is 1.49. The van der Waals surface area contributed by atoms with Gasteiger partial charge in [0.2, 0.25) is 17.8 Å². The molecule has 0 saturated heterocycles. The molecule has 0 amide bonds. The van der Waals surface area contributed by atoms with Crippen LogP contribution in [-0.2, 0) is 0 Å². The van der Waals surface area contributed by atoms with Gasteiger partial charge >= 0.3 is 0 Å². The zero-order valence-electron chi connectivity index (χ0n) is 19.1. The fourth-order valence-corrected chi connectivity index (χ4v) is 3.23. The van der Waals surface area contributed by atoms with Crippen LogP contribution in [0.25, 0.3) is 0 Å². The molecule has 0 aliphatic heterocycles. The first-order valence-corrected chi connectivity index (χ1v) is 10.6. The lowest BCUT2D eigenvalue weighted by Crippen LogP contribution is -2.07. The summed E-state index contributed by atoms with van der Waals surface area (Å²) in [4.78, 5) is 13.3. The molecule has 0 unspecified atom stereocenters. The van der Waals surface area contributed by atoms with Gasteiger partial charge in [-0.25, -0.2) is 5.43 Å². The molecule has 0 radical (unpaired) electrons. The Hall–Kier alpha value is -4.66. The van der Waals surface area contributed by atoms with Crippen LogP contribution in [0, 0.1) is 13.8 Å². The SMILES string of the molecule is COc1cccc(/C=N/Nc2nc(Nc3ccccc3)nc(Nc3ccc(C)cc3C)n2)c1O. The molecule has 0 fully saturated rings. The minimum atomic E-state index is -0.00479. The van der Waals surface area contributed by atoms with Gasteiger partial charge in [-0.05, 0) is 49.7 Å². The second kappa shape index (κ2) is 10.3. The third kappa shape index (κ3) is 5.57. The van der Waals surface area contributed by atoms with Crippen LogP contribution >= 0.6 is 0 Å². The van der Waals surface area contributed by atoms with Gasteiger partial charge in [0.1, 0.15) is 0 Å². The number of para-hydroxylation sites is 2. The minimum Gasteiger partial charge on any atom is -0.504 e. The topological polar surface area (TPSA) is 117 Å². The third-order valence-electron chi connectivity index (χ3n) is 4.91. The highest BCUT2D eigenvalue weighted by Gasteiger charge is 2.09. The number of anilines is 5. The first kappa shape index (κ1) is 22.5. The molecular formula is C25H25N7O2. The maximum absolute atomic E-state index is 10.2. The highest BCUT2D eigenvalue weighted by Crippen LogP contribution is 2.28. The number of hydrogen-bond donors (Lipinski definition) is 4. The van der Waals surface area contributed by atoms with E-state index in [1.54, 1.807) is 18.2 Å². The summed E-state index contributed by atoms with van der Waals surface area (Å²) >= 11 is 0. The van der Waals surface area contributed by atoms with E-state index in [0.717, 1.165) is 16.9 Å². The molecule has 1 aromatic heterocycles. The maximum atomic E-state index is 10.2. The van der Waals surface area contributed by atoms with Crippen molar-refractivity contribution in [2.24, 2.45) is 5.10 Å². The number of aromatic hydroxyl groups is 1. The monoisotopic (exact) mass is 455 g/mol. The number of rotatable bonds is 8. The Kier molecular flexibility index (Phi) is 6.83. The number of nitrogens with zero attached hydrogens (tertiary/aromatic N) is 4. The first-order chi connectivity index (χ1) is 16.5. The van der Waals surface area contributed by atoms with Gasteiger partial charge in [0.25, 0.3) is 0 Å². The summed E-state index contributed by atoms with van der Waals surface area (Å²) in [6.07, 6.45) is 1.46. The van der Waals surface area contributed by atoms with E-state index in [2.05, 4.69) is 42.2 Å². The number of aryl methyl sites for hydroxylation is 2. The Balaban J connectivity index is 1.61. The van der Waals surface area contributed by atoms with Gasteiger partial charge < -0.3 is 20.5 Å². The molecule has 0 atom stereocenters. The normalized spacial score (nSPS) is 10.8. The van der Waals surface area contributed by atoms with Gasteiger partial charge in [-0.2, -0.15) is 20.1 Å². The molecule has 1 heterocycles. The molecule has 9 heteroatoms. The smallest absolute Gasteiger partial charge is 0.250 e. The van der Waals surface area contributed by atoms with Crippen LogP contribution in [0.4, 0.5) is 29.2 Å². The summed E-state index contributed by atoms with van der Waals surface area (Å²) in [6.45, 7) is 4.06. The molecule has 9 nitrogen and oxygen atoms in total. The predicted octanol–water partition coefficient (Wildman–Crippen LogP) is 5.14. The number of hydrazone groups is 1. The van der Waals surface area contributed by atoms with Crippen LogP contribution in [-0.4, -0.2) is 33.4 Å². The van der Waals surface area contributed by atoms with Crippen molar-refractivity contribution < 1.29 is 9.84 Å². The van der Waals surface area contributed by atoms with E-state index in [1.807, 2.05) is 56.3 Å². The van der Waals surface area contributed by atoms with Gasteiger partial charge in [0, 0.05) is 16.9 Å². The number of aromatic nitrogens is 3. The molecule has 4 N–H and O–H groups in total. The van der Waals surface area contributed by atoms with E-state index in [4.69, 9.17) is 4.74 Å². The van der Waals surface area contributed by atoms with Crippen molar-refractivity contribution in [1.29, 1.82) is 0 Å². The second-order valence-electron chi connectivity index (χ2n) is 7.51. The Morgan fingerprint density at radius 2 is 1.59 bits per heavy atom. The zero-order valence-corrected chi connectivity index (χ0v) is 19.1. The fraction of sp³-hybridized carbons (Fsp3) is 0.120. The lowest BCUT2D eigenvalue weighted by molar-refractivity contribution is 0.373. The highest BCUT2D eigenvalue weighted by atomic mass is 16.5. The number of phenolic OH excluding ortho intramolecular Hbond substituents is 1. The van der Waals surface area contributed by atoms with Crippen molar-refractivity contribution in [2.45, 2.75) is 13.8 Å². The number of nitrogens with one attached hydrogen (secondary N) is 3. The Bertz CT molecular complexity index is 1310.